The van der Waals surface area contributed by atoms with E-state index in [4.69, 9.17) is 16.3 Å². The van der Waals surface area contributed by atoms with E-state index in [1.165, 1.54) is 6.42 Å². The number of ether oxygens (including phenoxy) is 1. The fraction of sp³-hybridized carbons (Fsp3) is 0.923. The van der Waals surface area contributed by atoms with Crippen LogP contribution in [0.3, 0.4) is 0 Å². The smallest absolute Gasteiger partial charge is 0.237 e. The molecule has 0 spiro atoms. The number of nitrogens with one attached hydrogen (secondary N) is 1. The van der Waals surface area contributed by atoms with E-state index < -0.39 is 0 Å². The van der Waals surface area contributed by atoms with E-state index in [2.05, 4.69) is 5.32 Å². The SMILES string of the molecule is O=C(CCl)N[C@]12O[C@@H]3[C@@H]4[C@H]5[C@H]6C[C@@H]([C@@H]5[C@@H]41)[C@@H]2[C@H]63. The molecule has 1 amide bonds. The summed E-state index contributed by atoms with van der Waals surface area (Å²) >= 11 is 5.65. The van der Waals surface area contributed by atoms with Gasteiger partial charge in [-0.1, -0.05) is 0 Å². The van der Waals surface area contributed by atoms with Crippen molar-refractivity contribution in [1.29, 1.82) is 0 Å². The third kappa shape index (κ3) is 0.575. The van der Waals surface area contributed by atoms with E-state index in [0.717, 1.165) is 35.5 Å². The lowest BCUT2D eigenvalue weighted by atomic mass is 9.59. The molecule has 0 unspecified atom stereocenters. The maximum Gasteiger partial charge on any atom is 0.237 e. The summed E-state index contributed by atoms with van der Waals surface area (Å²) in [7, 11) is 0. The Morgan fingerprint density at radius 1 is 1.24 bits per heavy atom. The summed E-state index contributed by atoms with van der Waals surface area (Å²) in [6.07, 6.45) is 1.91. The van der Waals surface area contributed by atoms with E-state index in [1.807, 2.05) is 0 Å². The van der Waals surface area contributed by atoms with Crippen LogP contribution in [-0.4, -0.2) is 23.6 Å². The van der Waals surface area contributed by atoms with Gasteiger partial charge in [-0.05, 0) is 41.9 Å². The van der Waals surface area contributed by atoms with Crippen molar-refractivity contribution in [2.75, 3.05) is 5.88 Å². The van der Waals surface area contributed by atoms with Crippen LogP contribution >= 0.6 is 11.6 Å². The Morgan fingerprint density at radius 3 is 2.94 bits per heavy atom. The summed E-state index contributed by atoms with van der Waals surface area (Å²) < 4.78 is 6.34. The molecule has 1 N–H and O–H groups in total. The fourth-order valence-corrected chi connectivity index (χ4v) is 7.53. The summed E-state index contributed by atoms with van der Waals surface area (Å²) in [6, 6.07) is 0. The minimum atomic E-state index is -0.275. The number of carbonyl (C=O) groups is 1. The molecule has 2 aliphatic heterocycles. The van der Waals surface area contributed by atoms with Gasteiger partial charge >= 0.3 is 0 Å². The highest BCUT2D eigenvalue weighted by molar-refractivity contribution is 6.27. The van der Waals surface area contributed by atoms with Gasteiger partial charge in [0, 0.05) is 11.8 Å². The average molecular weight is 252 g/mol. The molecule has 0 aromatic rings. The average Bonchev–Trinajstić information content (AvgIpc) is 2.89. The lowest BCUT2D eigenvalue weighted by molar-refractivity contribution is -0.131. The number of alkyl halides is 1. The quantitative estimate of drug-likeness (QED) is 0.738. The van der Waals surface area contributed by atoms with Crippen molar-refractivity contribution in [3.05, 3.63) is 0 Å². The van der Waals surface area contributed by atoms with Crippen molar-refractivity contribution in [2.45, 2.75) is 18.2 Å². The first-order valence-corrected chi connectivity index (χ1v) is 7.36. The van der Waals surface area contributed by atoms with Gasteiger partial charge in [0.25, 0.3) is 0 Å². The number of hydrogen-bond acceptors (Lipinski definition) is 2. The van der Waals surface area contributed by atoms with E-state index >= 15 is 0 Å². The Bertz CT molecular complexity index is 472. The number of carbonyl (C=O) groups excluding carboxylic acids is 1. The first kappa shape index (κ1) is 8.76. The normalized spacial score (nSPS) is 73.8. The fourth-order valence-electron chi connectivity index (χ4n) is 7.46. The summed E-state index contributed by atoms with van der Waals surface area (Å²) in [5, 5.41) is 3.18. The van der Waals surface area contributed by atoms with Gasteiger partial charge in [-0.2, -0.15) is 0 Å². The van der Waals surface area contributed by atoms with E-state index in [-0.39, 0.29) is 17.5 Å². The highest BCUT2D eigenvalue weighted by atomic mass is 35.5. The first-order chi connectivity index (χ1) is 8.28. The number of amides is 1. The van der Waals surface area contributed by atoms with Crippen LogP contribution in [-0.2, 0) is 9.53 Å². The molecule has 3 nitrogen and oxygen atoms in total. The van der Waals surface area contributed by atoms with Gasteiger partial charge in [0.1, 0.15) is 11.6 Å². The molecule has 90 valence electrons. The molecule has 7 rings (SSSR count). The van der Waals surface area contributed by atoms with Gasteiger partial charge in [-0.3, -0.25) is 4.79 Å². The molecule has 4 bridgehead atoms. The van der Waals surface area contributed by atoms with Gasteiger partial charge in [0.2, 0.25) is 5.91 Å². The van der Waals surface area contributed by atoms with Gasteiger partial charge in [-0.25, -0.2) is 0 Å². The molecule has 0 radical (unpaired) electrons. The molecule has 0 aromatic heterocycles. The molecule has 2 saturated heterocycles. The Hall–Kier alpha value is -0.280. The van der Waals surface area contributed by atoms with E-state index in [0.29, 0.717) is 17.9 Å². The minimum absolute atomic E-state index is 0.0417. The molecule has 10 atom stereocenters. The van der Waals surface area contributed by atoms with Gasteiger partial charge in [-0.15, -0.1) is 11.6 Å². The molecular weight excluding hydrogens is 238 g/mol. The molecular formula is C13H14ClNO2. The second-order valence-electron chi connectivity index (χ2n) is 6.98. The minimum Gasteiger partial charge on any atom is -0.351 e. The van der Waals surface area contributed by atoms with Gasteiger partial charge in [0.05, 0.1) is 6.10 Å². The van der Waals surface area contributed by atoms with Crippen LogP contribution in [0.25, 0.3) is 0 Å². The van der Waals surface area contributed by atoms with Crippen molar-refractivity contribution >= 4 is 17.5 Å². The molecule has 2 heterocycles. The Balaban J connectivity index is 1.54. The lowest BCUT2D eigenvalue weighted by Gasteiger charge is -2.45. The van der Waals surface area contributed by atoms with Crippen LogP contribution < -0.4 is 5.32 Å². The Kier molecular flexibility index (Phi) is 1.11. The zero-order valence-electron chi connectivity index (χ0n) is 9.30. The van der Waals surface area contributed by atoms with Crippen molar-refractivity contribution in [3.8, 4) is 0 Å². The van der Waals surface area contributed by atoms with Crippen molar-refractivity contribution in [1.82, 2.24) is 5.32 Å². The maximum absolute atomic E-state index is 11.7. The second-order valence-corrected chi connectivity index (χ2v) is 7.25. The van der Waals surface area contributed by atoms with E-state index in [9.17, 15) is 4.79 Å². The third-order valence-corrected chi connectivity index (χ3v) is 7.40. The highest BCUT2D eigenvalue weighted by Gasteiger charge is 2.93. The number of hydrogen-bond donors (Lipinski definition) is 1. The van der Waals surface area contributed by atoms with Crippen LogP contribution in [0.2, 0.25) is 0 Å². The standard InChI is InChI=1S/C13H14ClNO2/c14-2-5(16)15-13-10-4-1-3-6-7(4)11(13)9(6)12(17-13)8(3)10/h3-4,6-12H,1-2H2,(H,15,16)/t3-,4+,6+,7+,8+,9-,10-,11+,12+,13-/m1/s1. The molecule has 5 saturated carbocycles. The predicted molar refractivity (Wildman–Crippen MR) is 59.0 cm³/mol. The molecule has 7 fully saturated rings. The molecule has 17 heavy (non-hydrogen) atoms. The van der Waals surface area contributed by atoms with Crippen LogP contribution in [0.15, 0.2) is 0 Å². The number of halogens is 1. The van der Waals surface area contributed by atoms with Crippen LogP contribution in [0, 0.1) is 47.3 Å². The van der Waals surface area contributed by atoms with Gasteiger partial charge in [0.15, 0.2) is 0 Å². The molecule has 0 aromatic carbocycles. The van der Waals surface area contributed by atoms with Crippen LogP contribution in [0.4, 0.5) is 0 Å². The van der Waals surface area contributed by atoms with Crippen molar-refractivity contribution in [3.63, 3.8) is 0 Å². The second kappa shape index (κ2) is 2.16. The Labute approximate surface area is 104 Å². The van der Waals surface area contributed by atoms with Crippen LogP contribution in [0.1, 0.15) is 6.42 Å². The van der Waals surface area contributed by atoms with Crippen LogP contribution in [0.5, 0.6) is 0 Å². The van der Waals surface area contributed by atoms with Crippen molar-refractivity contribution < 1.29 is 9.53 Å². The summed E-state index contributed by atoms with van der Waals surface area (Å²) in [5.74, 6) is 6.51. The maximum atomic E-state index is 11.7. The first-order valence-electron chi connectivity index (χ1n) is 6.83. The molecule has 4 heteroatoms. The monoisotopic (exact) mass is 251 g/mol. The summed E-state index contributed by atoms with van der Waals surface area (Å²) in [5.41, 5.74) is -0.275. The zero-order valence-corrected chi connectivity index (χ0v) is 10.1. The summed E-state index contributed by atoms with van der Waals surface area (Å²) in [4.78, 5) is 11.7. The topological polar surface area (TPSA) is 38.3 Å². The van der Waals surface area contributed by atoms with Crippen molar-refractivity contribution in [2.24, 2.45) is 47.3 Å². The molecule has 5 aliphatic carbocycles. The zero-order chi connectivity index (χ0) is 11.1. The predicted octanol–water partition coefficient (Wildman–Crippen LogP) is 0.824. The third-order valence-electron chi connectivity index (χ3n) is 7.16. The van der Waals surface area contributed by atoms with E-state index in [1.54, 1.807) is 0 Å². The highest BCUT2D eigenvalue weighted by Crippen LogP contribution is 2.89. The largest absolute Gasteiger partial charge is 0.351 e. The lowest BCUT2D eigenvalue weighted by Crippen LogP contribution is -2.58. The van der Waals surface area contributed by atoms with Gasteiger partial charge < -0.3 is 10.1 Å². The summed E-state index contributed by atoms with van der Waals surface area (Å²) in [6.45, 7) is 0. The Morgan fingerprint density at radius 2 is 2.12 bits per heavy atom. The number of rotatable bonds is 2. The molecule has 7 aliphatic rings.